The van der Waals surface area contributed by atoms with Crippen molar-refractivity contribution >= 4 is 0 Å². The molecule has 0 aliphatic carbocycles. The van der Waals surface area contributed by atoms with E-state index in [9.17, 15) is 0 Å². The molecular weight excluding hydrogens is 196 g/mol. The van der Waals surface area contributed by atoms with Crippen molar-refractivity contribution in [3.05, 3.63) is 23.5 Å². The normalized spacial score (nSPS) is 10.3. The van der Waals surface area contributed by atoms with E-state index in [0.29, 0.717) is 23.7 Å². The molecule has 0 spiro atoms. The summed E-state index contributed by atoms with van der Waals surface area (Å²) in [5.41, 5.74) is 1.00. The van der Waals surface area contributed by atoms with Gasteiger partial charge in [0.1, 0.15) is 12.4 Å². The monoisotopic (exact) mass is 212 g/mol. The zero-order valence-electron chi connectivity index (χ0n) is 8.73. The molecule has 1 aromatic rings. The Morgan fingerprint density at radius 3 is 2.33 bits per heavy atom. The third kappa shape index (κ3) is 3.83. The molecule has 5 heteroatoms. The van der Waals surface area contributed by atoms with Gasteiger partial charge in [-0.25, -0.2) is 0 Å². The molecule has 0 saturated heterocycles. The zero-order valence-corrected chi connectivity index (χ0v) is 8.73. The number of ether oxygens (including phenoxy) is 1. The van der Waals surface area contributed by atoms with Crippen LogP contribution in [0.25, 0.3) is 0 Å². The number of nitrogens with one attached hydrogen (secondary N) is 1. The van der Waals surface area contributed by atoms with Crippen molar-refractivity contribution in [1.29, 1.82) is 0 Å². The molecule has 1 aromatic heterocycles. The highest BCUT2D eigenvalue weighted by molar-refractivity contribution is 5.26. The predicted molar refractivity (Wildman–Crippen MR) is 55.5 cm³/mol. The fourth-order valence-electron chi connectivity index (χ4n) is 1.14. The summed E-state index contributed by atoms with van der Waals surface area (Å²) in [6, 6.07) is 3.32. The lowest BCUT2D eigenvalue weighted by Crippen LogP contribution is -2.16. The van der Waals surface area contributed by atoms with Gasteiger partial charge in [-0.2, -0.15) is 0 Å². The topological polar surface area (TPSA) is 74.6 Å². The lowest BCUT2D eigenvalue weighted by atomic mass is 10.3. The van der Waals surface area contributed by atoms with Gasteiger partial charge in [0.15, 0.2) is 0 Å². The summed E-state index contributed by atoms with van der Waals surface area (Å²) < 4.78 is 5.41. The van der Waals surface area contributed by atoms with E-state index in [-0.39, 0.29) is 13.2 Å². The maximum Gasteiger partial charge on any atom is 0.123 e. The second kappa shape index (κ2) is 6.34. The lowest BCUT2D eigenvalue weighted by molar-refractivity contribution is 0.261. The molecule has 15 heavy (non-hydrogen) atoms. The van der Waals surface area contributed by atoms with Gasteiger partial charge in [0.05, 0.1) is 24.6 Å². The van der Waals surface area contributed by atoms with E-state index in [1.165, 1.54) is 0 Å². The first kappa shape index (κ1) is 11.9. The molecule has 0 atom stereocenters. The Bertz CT molecular complexity index is 282. The van der Waals surface area contributed by atoms with Crippen molar-refractivity contribution in [3.63, 3.8) is 0 Å². The number of rotatable bonds is 6. The van der Waals surface area contributed by atoms with Gasteiger partial charge in [-0.3, -0.25) is 4.98 Å². The highest BCUT2D eigenvalue weighted by Crippen LogP contribution is 2.14. The summed E-state index contributed by atoms with van der Waals surface area (Å²) in [5.74, 6) is 0.619. The van der Waals surface area contributed by atoms with Crippen LogP contribution in [0.2, 0.25) is 0 Å². The van der Waals surface area contributed by atoms with Crippen LogP contribution in [0.3, 0.4) is 0 Å². The molecule has 3 N–H and O–H groups in total. The van der Waals surface area contributed by atoms with Gasteiger partial charge < -0.3 is 20.3 Å². The number of nitrogens with zero attached hydrogens (tertiary/aromatic N) is 1. The smallest absolute Gasteiger partial charge is 0.123 e. The summed E-state index contributed by atoms with van der Waals surface area (Å²) in [6.45, 7) is 0.966. The van der Waals surface area contributed by atoms with Crippen LogP contribution < -0.4 is 10.1 Å². The van der Waals surface area contributed by atoms with Gasteiger partial charge >= 0.3 is 0 Å². The molecule has 1 rings (SSSR count). The third-order valence-electron chi connectivity index (χ3n) is 1.85. The number of aliphatic hydroxyl groups is 2. The van der Waals surface area contributed by atoms with Crippen molar-refractivity contribution in [3.8, 4) is 5.75 Å². The summed E-state index contributed by atoms with van der Waals surface area (Å²) in [4.78, 5) is 4.00. The number of aromatic nitrogens is 1. The molecular formula is C10H16N2O3. The number of likely N-dealkylation sites (N-methyl/N-ethyl adjacent to an activating group) is 1. The quantitative estimate of drug-likeness (QED) is 0.563. The Labute approximate surface area is 88.7 Å². The fourth-order valence-corrected chi connectivity index (χ4v) is 1.14. The zero-order chi connectivity index (χ0) is 11.1. The molecule has 0 radical (unpaired) electrons. The molecule has 0 aliphatic rings. The van der Waals surface area contributed by atoms with Crippen LogP contribution in [0.1, 0.15) is 11.4 Å². The first-order valence-electron chi connectivity index (χ1n) is 4.79. The van der Waals surface area contributed by atoms with Crippen molar-refractivity contribution in [2.75, 3.05) is 20.2 Å². The van der Waals surface area contributed by atoms with Gasteiger partial charge in [0, 0.05) is 18.7 Å². The van der Waals surface area contributed by atoms with Crippen molar-refractivity contribution < 1.29 is 14.9 Å². The van der Waals surface area contributed by atoms with Crippen LogP contribution in [-0.4, -0.2) is 35.4 Å². The van der Waals surface area contributed by atoms with Gasteiger partial charge in [-0.05, 0) is 7.05 Å². The average Bonchev–Trinajstić information content (AvgIpc) is 2.29. The summed E-state index contributed by atoms with van der Waals surface area (Å²) in [7, 11) is 1.84. The van der Waals surface area contributed by atoms with E-state index >= 15 is 0 Å². The Morgan fingerprint density at radius 1 is 1.27 bits per heavy atom. The molecule has 0 saturated carbocycles. The maximum absolute atomic E-state index is 8.94. The highest BCUT2D eigenvalue weighted by Gasteiger charge is 2.02. The average molecular weight is 212 g/mol. The predicted octanol–water partition coefficient (Wildman–Crippen LogP) is -0.336. The van der Waals surface area contributed by atoms with Gasteiger partial charge in [-0.1, -0.05) is 0 Å². The Morgan fingerprint density at radius 2 is 1.87 bits per heavy atom. The summed E-state index contributed by atoms with van der Waals surface area (Å²) in [6.07, 6.45) is 0. The summed E-state index contributed by atoms with van der Waals surface area (Å²) >= 11 is 0. The molecule has 0 bridgehead atoms. The van der Waals surface area contributed by atoms with E-state index in [4.69, 9.17) is 14.9 Å². The van der Waals surface area contributed by atoms with Gasteiger partial charge in [0.25, 0.3) is 0 Å². The Kier molecular flexibility index (Phi) is 5.03. The molecule has 0 aliphatic heterocycles. The van der Waals surface area contributed by atoms with Crippen molar-refractivity contribution in [2.45, 2.75) is 13.2 Å². The number of hydrogen-bond donors (Lipinski definition) is 3. The van der Waals surface area contributed by atoms with Crippen LogP contribution in [0.15, 0.2) is 12.1 Å². The second-order valence-corrected chi connectivity index (χ2v) is 3.05. The van der Waals surface area contributed by atoms with Crippen molar-refractivity contribution in [2.24, 2.45) is 0 Å². The third-order valence-corrected chi connectivity index (χ3v) is 1.85. The van der Waals surface area contributed by atoms with Crippen LogP contribution in [0.5, 0.6) is 5.75 Å². The minimum absolute atomic E-state index is 0.157. The number of hydrogen-bond acceptors (Lipinski definition) is 5. The number of pyridine rings is 1. The Balaban J connectivity index is 2.68. The molecule has 0 amide bonds. The minimum atomic E-state index is -0.157. The molecule has 84 valence electrons. The largest absolute Gasteiger partial charge is 0.492 e. The van der Waals surface area contributed by atoms with E-state index in [0.717, 1.165) is 6.54 Å². The van der Waals surface area contributed by atoms with E-state index in [2.05, 4.69) is 10.3 Å². The van der Waals surface area contributed by atoms with Crippen molar-refractivity contribution in [1.82, 2.24) is 10.3 Å². The maximum atomic E-state index is 8.94. The molecule has 5 nitrogen and oxygen atoms in total. The van der Waals surface area contributed by atoms with E-state index in [1.54, 1.807) is 12.1 Å². The minimum Gasteiger partial charge on any atom is -0.492 e. The molecule has 0 aromatic carbocycles. The lowest BCUT2D eigenvalue weighted by Gasteiger charge is -2.08. The highest BCUT2D eigenvalue weighted by atomic mass is 16.5. The standard InChI is InChI=1S/C10H16N2O3/c1-11-2-3-15-10-4-8(6-13)12-9(5-10)7-14/h4-5,11,13-14H,2-3,6-7H2,1H3. The summed E-state index contributed by atoms with van der Waals surface area (Å²) in [5, 5.41) is 20.8. The first-order valence-corrected chi connectivity index (χ1v) is 4.79. The number of aliphatic hydroxyl groups excluding tert-OH is 2. The molecule has 0 fully saturated rings. The van der Waals surface area contributed by atoms with Gasteiger partial charge in [0.2, 0.25) is 0 Å². The SMILES string of the molecule is CNCCOc1cc(CO)nc(CO)c1. The molecule has 1 heterocycles. The first-order chi connectivity index (χ1) is 7.30. The van der Waals surface area contributed by atoms with Gasteiger partial charge in [-0.15, -0.1) is 0 Å². The van der Waals surface area contributed by atoms with Crippen LogP contribution in [0, 0.1) is 0 Å². The van der Waals surface area contributed by atoms with E-state index in [1.807, 2.05) is 7.05 Å². The van der Waals surface area contributed by atoms with E-state index < -0.39 is 0 Å². The molecule has 0 unspecified atom stereocenters. The fraction of sp³-hybridized carbons (Fsp3) is 0.500. The van der Waals surface area contributed by atoms with Crippen LogP contribution in [0.4, 0.5) is 0 Å². The Hall–Kier alpha value is -1.17. The second-order valence-electron chi connectivity index (χ2n) is 3.05. The van der Waals surface area contributed by atoms with Crippen LogP contribution in [-0.2, 0) is 13.2 Å². The van der Waals surface area contributed by atoms with Crippen LogP contribution >= 0.6 is 0 Å².